The second-order valence-corrected chi connectivity index (χ2v) is 7.79. The lowest BCUT2D eigenvalue weighted by Crippen LogP contribution is -2.44. The van der Waals surface area contributed by atoms with Gasteiger partial charge in [0.2, 0.25) is 5.91 Å². The fraction of sp³-hybridized carbons (Fsp3) is 0.364. The molecule has 0 bridgehead atoms. The first-order chi connectivity index (χ1) is 13.4. The maximum Gasteiger partial charge on any atom is 0.253 e. The standard InChI is InChI=1S/C22H26N4O2/c1-24(2)17-9-6-15(7-10-17)14-25(3)22(28)16-8-11-19-18(13-16)23-21(27)20-5-4-12-26(19)20/h6-11,13,20H,4-5,12,14H2,1-3H3,(H,23,27)/t20-/m1/s1. The molecule has 0 saturated carbocycles. The second-order valence-electron chi connectivity index (χ2n) is 7.79. The summed E-state index contributed by atoms with van der Waals surface area (Å²) in [6.45, 7) is 1.42. The molecule has 0 radical (unpaired) electrons. The van der Waals surface area contributed by atoms with Gasteiger partial charge in [-0.2, -0.15) is 0 Å². The maximum atomic E-state index is 12.9. The average molecular weight is 378 g/mol. The van der Waals surface area contributed by atoms with E-state index in [1.165, 1.54) is 0 Å². The lowest BCUT2D eigenvalue weighted by atomic mass is 10.1. The van der Waals surface area contributed by atoms with Crippen LogP contribution in [0, 0.1) is 0 Å². The Hall–Kier alpha value is -3.02. The van der Waals surface area contributed by atoms with Crippen molar-refractivity contribution in [1.82, 2.24) is 4.90 Å². The highest BCUT2D eigenvalue weighted by Crippen LogP contribution is 2.37. The van der Waals surface area contributed by atoms with Gasteiger partial charge in [-0.25, -0.2) is 0 Å². The monoisotopic (exact) mass is 378 g/mol. The van der Waals surface area contributed by atoms with Crippen molar-refractivity contribution < 1.29 is 9.59 Å². The number of rotatable bonds is 4. The highest BCUT2D eigenvalue weighted by molar-refractivity contribution is 6.06. The molecular weight excluding hydrogens is 352 g/mol. The van der Waals surface area contributed by atoms with E-state index in [4.69, 9.17) is 0 Å². The van der Waals surface area contributed by atoms with E-state index in [0.717, 1.165) is 42.0 Å². The van der Waals surface area contributed by atoms with E-state index in [-0.39, 0.29) is 17.9 Å². The SMILES string of the molecule is CN(Cc1ccc(N(C)C)cc1)C(=O)c1ccc2c(c1)NC(=O)[C@H]1CCCN21. The summed E-state index contributed by atoms with van der Waals surface area (Å²) >= 11 is 0. The lowest BCUT2D eigenvalue weighted by molar-refractivity contribution is -0.117. The molecule has 2 aliphatic heterocycles. The van der Waals surface area contributed by atoms with Crippen LogP contribution >= 0.6 is 0 Å². The van der Waals surface area contributed by atoms with Crippen molar-refractivity contribution >= 4 is 28.9 Å². The summed E-state index contributed by atoms with van der Waals surface area (Å²) < 4.78 is 0. The average Bonchev–Trinajstić information content (AvgIpc) is 3.18. The van der Waals surface area contributed by atoms with Crippen molar-refractivity contribution in [2.75, 3.05) is 42.8 Å². The molecule has 0 aliphatic carbocycles. The van der Waals surface area contributed by atoms with Crippen molar-refractivity contribution in [1.29, 1.82) is 0 Å². The molecule has 4 rings (SSSR count). The Morgan fingerprint density at radius 3 is 2.61 bits per heavy atom. The lowest BCUT2D eigenvalue weighted by Gasteiger charge is -2.33. The zero-order chi connectivity index (χ0) is 19.8. The summed E-state index contributed by atoms with van der Waals surface area (Å²) in [5, 5.41) is 2.98. The van der Waals surface area contributed by atoms with Crippen LogP contribution in [0.1, 0.15) is 28.8 Å². The molecule has 2 aromatic rings. The fourth-order valence-electron chi connectivity index (χ4n) is 4.03. The van der Waals surface area contributed by atoms with E-state index in [1.807, 2.05) is 43.3 Å². The molecule has 0 spiro atoms. The predicted molar refractivity (Wildman–Crippen MR) is 112 cm³/mol. The Balaban J connectivity index is 1.50. The van der Waals surface area contributed by atoms with Crippen LogP contribution in [0.2, 0.25) is 0 Å². The summed E-state index contributed by atoms with van der Waals surface area (Å²) in [6.07, 6.45) is 1.91. The van der Waals surface area contributed by atoms with Gasteiger partial charge >= 0.3 is 0 Å². The van der Waals surface area contributed by atoms with Gasteiger partial charge in [-0.1, -0.05) is 12.1 Å². The summed E-state index contributed by atoms with van der Waals surface area (Å²) in [4.78, 5) is 31.1. The Bertz CT molecular complexity index is 907. The van der Waals surface area contributed by atoms with Crippen molar-refractivity contribution in [2.24, 2.45) is 0 Å². The molecule has 1 saturated heterocycles. The number of nitrogens with one attached hydrogen (secondary N) is 1. The maximum absolute atomic E-state index is 12.9. The number of benzene rings is 2. The van der Waals surface area contributed by atoms with Crippen LogP contribution in [-0.4, -0.2) is 50.4 Å². The molecule has 28 heavy (non-hydrogen) atoms. The van der Waals surface area contributed by atoms with E-state index < -0.39 is 0 Å². The van der Waals surface area contributed by atoms with Crippen LogP contribution < -0.4 is 15.1 Å². The van der Waals surface area contributed by atoms with Crippen LogP contribution in [-0.2, 0) is 11.3 Å². The third-order valence-electron chi connectivity index (χ3n) is 5.59. The molecule has 6 heteroatoms. The van der Waals surface area contributed by atoms with E-state index in [9.17, 15) is 9.59 Å². The van der Waals surface area contributed by atoms with Gasteiger partial charge in [0.25, 0.3) is 5.91 Å². The molecule has 1 N–H and O–H groups in total. The fourth-order valence-corrected chi connectivity index (χ4v) is 4.03. The van der Waals surface area contributed by atoms with E-state index in [1.54, 1.807) is 18.0 Å². The Kier molecular flexibility index (Phi) is 4.71. The quantitative estimate of drug-likeness (QED) is 0.889. The molecular formula is C22H26N4O2. The molecule has 2 amide bonds. The van der Waals surface area contributed by atoms with Crippen molar-refractivity contribution in [2.45, 2.75) is 25.4 Å². The summed E-state index contributed by atoms with van der Waals surface area (Å²) in [7, 11) is 5.81. The third-order valence-corrected chi connectivity index (χ3v) is 5.59. The molecule has 0 aromatic heterocycles. The predicted octanol–water partition coefficient (Wildman–Crippen LogP) is 2.95. The normalized spacial score (nSPS) is 17.6. The topological polar surface area (TPSA) is 55.9 Å². The highest BCUT2D eigenvalue weighted by atomic mass is 16.2. The molecule has 0 unspecified atom stereocenters. The third kappa shape index (κ3) is 3.30. The minimum Gasteiger partial charge on any atom is -0.378 e. The summed E-state index contributed by atoms with van der Waals surface area (Å²) in [5.74, 6) is -0.0267. The molecule has 2 aromatic carbocycles. The van der Waals surface area contributed by atoms with Gasteiger partial charge in [0.1, 0.15) is 6.04 Å². The Labute approximate surface area is 165 Å². The van der Waals surface area contributed by atoms with E-state index in [0.29, 0.717) is 12.1 Å². The van der Waals surface area contributed by atoms with Gasteiger partial charge in [-0.05, 0) is 48.7 Å². The Morgan fingerprint density at radius 2 is 1.89 bits per heavy atom. The number of hydrogen-bond donors (Lipinski definition) is 1. The first kappa shape index (κ1) is 18.3. The minimum absolute atomic E-state index is 0.0314. The van der Waals surface area contributed by atoms with Gasteiger partial charge in [0.15, 0.2) is 0 Å². The first-order valence-corrected chi connectivity index (χ1v) is 9.67. The first-order valence-electron chi connectivity index (χ1n) is 9.67. The van der Waals surface area contributed by atoms with Crippen molar-refractivity contribution in [3.8, 4) is 0 Å². The number of hydrogen-bond acceptors (Lipinski definition) is 4. The molecule has 2 heterocycles. The Morgan fingerprint density at radius 1 is 1.14 bits per heavy atom. The van der Waals surface area contributed by atoms with Gasteiger partial charge < -0.3 is 20.0 Å². The van der Waals surface area contributed by atoms with Gasteiger partial charge in [0, 0.05) is 45.5 Å². The summed E-state index contributed by atoms with van der Waals surface area (Å²) in [5.41, 5.74) is 4.54. The van der Waals surface area contributed by atoms with Crippen LogP contribution in [0.3, 0.4) is 0 Å². The van der Waals surface area contributed by atoms with Crippen LogP contribution in [0.25, 0.3) is 0 Å². The number of anilines is 3. The van der Waals surface area contributed by atoms with Gasteiger partial charge in [-0.3, -0.25) is 9.59 Å². The zero-order valence-corrected chi connectivity index (χ0v) is 16.6. The molecule has 1 atom stereocenters. The number of amides is 2. The molecule has 2 aliphatic rings. The number of fused-ring (bicyclic) bond motifs is 3. The van der Waals surface area contributed by atoms with Crippen molar-refractivity contribution in [3.05, 3.63) is 53.6 Å². The van der Waals surface area contributed by atoms with Crippen molar-refractivity contribution in [3.63, 3.8) is 0 Å². The molecule has 146 valence electrons. The highest BCUT2D eigenvalue weighted by Gasteiger charge is 2.36. The molecule has 6 nitrogen and oxygen atoms in total. The zero-order valence-electron chi connectivity index (χ0n) is 16.6. The second kappa shape index (κ2) is 7.19. The number of nitrogens with zero attached hydrogens (tertiary/aromatic N) is 3. The van der Waals surface area contributed by atoms with Gasteiger partial charge in [-0.15, -0.1) is 0 Å². The largest absolute Gasteiger partial charge is 0.378 e. The smallest absolute Gasteiger partial charge is 0.253 e. The van der Waals surface area contributed by atoms with Crippen LogP contribution in [0.5, 0.6) is 0 Å². The molecule has 1 fully saturated rings. The van der Waals surface area contributed by atoms with Gasteiger partial charge in [0.05, 0.1) is 11.4 Å². The van der Waals surface area contributed by atoms with Crippen LogP contribution in [0.15, 0.2) is 42.5 Å². The summed E-state index contributed by atoms with van der Waals surface area (Å²) in [6, 6.07) is 13.7. The minimum atomic E-state index is -0.0677. The van der Waals surface area contributed by atoms with E-state index in [2.05, 4.69) is 22.3 Å². The van der Waals surface area contributed by atoms with E-state index >= 15 is 0 Å². The number of carbonyl (C=O) groups is 2. The number of carbonyl (C=O) groups excluding carboxylic acids is 2. The van der Waals surface area contributed by atoms with Crippen LogP contribution in [0.4, 0.5) is 17.1 Å².